The zero-order chi connectivity index (χ0) is 22.1. The van der Waals surface area contributed by atoms with Gasteiger partial charge < -0.3 is 10.2 Å². The summed E-state index contributed by atoms with van der Waals surface area (Å²) in [5.74, 6) is -0.244. The summed E-state index contributed by atoms with van der Waals surface area (Å²) in [7, 11) is 3.85. The van der Waals surface area contributed by atoms with E-state index in [1.54, 1.807) is 6.07 Å². The largest absolute Gasteiger partial charge is 0.378 e. The number of anilines is 3. The maximum Gasteiger partial charge on any atom is 0.282 e. The lowest BCUT2D eigenvalue weighted by Crippen LogP contribution is -2.32. The first-order valence-electron chi connectivity index (χ1n) is 10.2. The number of benzene rings is 2. The Kier molecular flexibility index (Phi) is 5.65. The third-order valence-electron chi connectivity index (χ3n) is 5.30. The minimum absolute atomic E-state index is 0.306. The number of nitrogens with zero attached hydrogens (tertiary/aromatic N) is 2. The molecule has 2 heterocycles. The molecule has 1 N–H and O–H groups in total. The highest BCUT2D eigenvalue weighted by Gasteiger charge is 2.40. The van der Waals surface area contributed by atoms with Crippen LogP contribution in [0.5, 0.6) is 0 Å². The number of thiophene rings is 1. The molecule has 1 aliphatic heterocycles. The second kappa shape index (κ2) is 8.40. The number of imide groups is 1. The summed E-state index contributed by atoms with van der Waals surface area (Å²) in [6.07, 6.45) is 0. The van der Waals surface area contributed by atoms with Crippen molar-refractivity contribution in [1.29, 1.82) is 0 Å². The van der Waals surface area contributed by atoms with E-state index >= 15 is 0 Å². The first kappa shape index (κ1) is 20.9. The Morgan fingerprint density at radius 3 is 2.29 bits per heavy atom. The van der Waals surface area contributed by atoms with Crippen LogP contribution in [-0.4, -0.2) is 25.9 Å². The van der Waals surface area contributed by atoms with Crippen LogP contribution in [-0.2, 0) is 9.59 Å². The van der Waals surface area contributed by atoms with Gasteiger partial charge in [-0.2, -0.15) is 0 Å². The number of carbonyl (C=O) groups excluding carboxylic acids is 2. The Bertz CT molecular complexity index is 1150. The molecule has 0 unspecified atom stereocenters. The molecule has 0 radical (unpaired) electrons. The summed E-state index contributed by atoms with van der Waals surface area (Å²) in [4.78, 5) is 30.9. The van der Waals surface area contributed by atoms with Crippen LogP contribution in [0.25, 0.3) is 5.57 Å². The van der Waals surface area contributed by atoms with Gasteiger partial charge in [-0.05, 0) is 53.3 Å². The summed E-state index contributed by atoms with van der Waals surface area (Å²) in [6.45, 7) is 4.28. The first-order valence-corrected chi connectivity index (χ1v) is 11.1. The molecule has 1 aliphatic rings. The number of rotatable bonds is 6. The van der Waals surface area contributed by atoms with Crippen LogP contribution in [0.4, 0.5) is 17.1 Å². The van der Waals surface area contributed by atoms with Crippen LogP contribution in [0.2, 0.25) is 0 Å². The van der Waals surface area contributed by atoms with Crippen LogP contribution in [0.3, 0.4) is 0 Å². The van der Waals surface area contributed by atoms with E-state index in [1.807, 2.05) is 79.0 Å². The van der Waals surface area contributed by atoms with Crippen LogP contribution in [0.1, 0.15) is 30.2 Å². The second-order valence-corrected chi connectivity index (χ2v) is 8.94. The Morgan fingerprint density at radius 2 is 1.68 bits per heavy atom. The summed E-state index contributed by atoms with van der Waals surface area (Å²) in [6, 6.07) is 19.2. The Hall–Kier alpha value is -3.38. The average molecular weight is 432 g/mol. The van der Waals surface area contributed by atoms with Gasteiger partial charge in [0.15, 0.2) is 0 Å². The molecular formula is C25H25N3O2S. The summed E-state index contributed by atoms with van der Waals surface area (Å²) < 4.78 is 0. The van der Waals surface area contributed by atoms with Crippen LogP contribution >= 0.6 is 11.3 Å². The van der Waals surface area contributed by atoms with Crippen molar-refractivity contribution in [3.8, 4) is 0 Å². The molecule has 0 aliphatic carbocycles. The van der Waals surface area contributed by atoms with Gasteiger partial charge in [0.25, 0.3) is 11.8 Å². The number of hydrogen-bond acceptors (Lipinski definition) is 5. The molecule has 5 nitrogen and oxygen atoms in total. The molecule has 158 valence electrons. The minimum Gasteiger partial charge on any atom is -0.378 e. The van der Waals surface area contributed by atoms with Gasteiger partial charge in [0.2, 0.25) is 0 Å². The third kappa shape index (κ3) is 3.99. The Morgan fingerprint density at radius 1 is 0.935 bits per heavy atom. The molecule has 2 aromatic carbocycles. The van der Waals surface area contributed by atoms with Crippen molar-refractivity contribution in [2.24, 2.45) is 0 Å². The Balaban J connectivity index is 1.74. The molecule has 4 rings (SSSR count). The average Bonchev–Trinajstić information content (AvgIpc) is 3.35. The molecule has 31 heavy (non-hydrogen) atoms. The van der Waals surface area contributed by atoms with E-state index in [9.17, 15) is 9.59 Å². The molecular weight excluding hydrogens is 406 g/mol. The van der Waals surface area contributed by atoms with E-state index in [2.05, 4.69) is 19.2 Å². The maximum absolute atomic E-state index is 13.5. The van der Waals surface area contributed by atoms with Crippen molar-refractivity contribution < 1.29 is 9.59 Å². The predicted molar refractivity (Wildman–Crippen MR) is 129 cm³/mol. The number of hydrogen-bond donors (Lipinski definition) is 1. The van der Waals surface area contributed by atoms with Crippen molar-refractivity contribution in [2.45, 2.75) is 19.8 Å². The van der Waals surface area contributed by atoms with Gasteiger partial charge in [-0.15, -0.1) is 11.3 Å². The smallest absolute Gasteiger partial charge is 0.282 e. The lowest BCUT2D eigenvalue weighted by atomic mass is 10.0. The maximum atomic E-state index is 13.5. The van der Waals surface area contributed by atoms with E-state index in [4.69, 9.17) is 0 Å². The lowest BCUT2D eigenvalue weighted by Gasteiger charge is -2.19. The third-order valence-corrected chi connectivity index (χ3v) is 6.19. The molecule has 0 spiro atoms. The molecule has 0 atom stereocenters. The van der Waals surface area contributed by atoms with Crippen molar-refractivity contribution in [3.63, 3.8) is 0 Å². The fourth-order valence-electron chi connectivity index (χ4n) is 3.54. The molecule has 3 aromatic rings. The van der Waals surface area contributed by atoms with Gasteiger partial charge in [0.05, 0.1) is 11.3 Å². The molecule has 0 saturated heterocycles. The van der Waals surface area contributed by atoms with Crippen molar-refractivity contribution in [1.82, 2.24) is 0 Å². The fraction of sp³-hybridized carbons (Fsp3) is 0.200. The van der Waals surface area contributed by atoms with E-state index < -0.39 is 0 Å². The Labute approximate surface area is 186 Å². The SMILES string of the molecule is CC(C)c1ccc(NC2=C(c3cccs3)C(=O)N(c3cccc(N(C)C)c3)C2=O)cc1. The van der Waals surface area contributed by atoms with Gasteiger partial charge in [-0.25, -0.2) is 4.90 Å². The highest BCUT2D eigenvalue weighted by atomic mass is 32.1. The molecule has 1 aromatic heterocycles. The summed E-state index contributed by atoms with van der Waals surface area (Å²) in [5, 5.41) is 5.13. The quantitative estimate of drug-likeness (QED) is 0.536. The normalized spacial score (nSPS) is 14.0. The lowest BCUT2D eigenvalue weighted by molar-refractivity contribution is -0.120. The van der Waals surface area contributed by atoms with Gasteiger partial charge >= 0.3 is 0 Å². The molecule has 0 bridgehead atoms. The van der Waals surface area contributed by atoms with Gasteiger partial charge in [-0.3, -0.25) is 9.59 Å². The zero-order valence-corrected chi connectivity index (χ0v) is 18.9. The van der Waals surface area contributed by atoms with Gasteiger partial charge in [0, 0.05) is 30.3 Å². The van der Waals surface area contributed by atoms with Crippen LogP contribution in [0, 0.1) is 0 Å². The van der Waals surface area contributed by atoms with Crippen molar-refractivity contribution in [2.75, 3.05) is 29.2 Å². The zero-order valence-electron chi connectivity index (χ0n) is 18.0. The molecule has 0 saturated carbocycles. The number of amides is 2. The first-order chi connectivity index (χ1) is 14.9. The summed E-state index contributed by atoms with van der Waals surface area (Å²) in [5.41, 5.74) is 4.18. The van der Waals surface area contributed by atoms with E-state index in [-0.39, 0.29) is 11.8 Å². The fourth-order valence-corrected chi connectivity index (χ4v) is 4.30. The van der Waals surface area contributed by atoms with E-state index in [0.29, 0.717) is 22.9 Å². The topological polar surface area (TPSA) is 52.7 Å². The van der Waals surface area contributed by atoms with Crippen molar-refractivity contribution >= 4 is 45.8 Å². The van der Waals surface area contributed by atoms with Crippen molar-refractivity contribution in [3.05, 3.63) is 82.2 Å². The monoisotopic (exact) mass is 431 g/mol. The predicted octanol–water partition coefficient (Wildman–Crippen LogP) is 5.33. The van der Waals surface area contributed by atoms with Crippen LogP contribution < -0.4 is 15.1 Å². The number of carbonyl (C=O) groups is 2. The molecule has 2 amide bonds. The second-order valence-electron chi connectivity index (χ2n) is 7.99. The van der Waals surface area contributed by atoms with E-state index in [1.165, 1.54) is 21.8 Å². The highest BCUT2D eigenvalue weighted by molar-refractivity contribution is 7.11. The molecule has 6 heteroatoms. The summed E-state index contributed by atoms with van der Waals surface area (Å²) >= 11 is 1.45. The van der Waals surface area contributed by atoms with Crippen LogP contribution in [0.15, 0.2) is 71.7 Å². The highest BCUT2D eigenvalue weighted by Crippen LogP contribution is 2.36. The minimum atomic E-state index is -0.350. The van der Waals surface area contributed by atoms with Gasteiger partial charge in [-0.1, -0.05) is 38.1 Å². The molecule has 0 fully saturated rings. The number of nitrogens with one attached hydrogen (secondary N) is 1. The van der Waals surface area contributed by atoms with Gasteiger partial charge in [0.1, 0.15) is 5.70 Å². The standard InChI is InChI=1S/C25H25N3O2S/c1-16(2)17-10-12-18(13-11-17)26-23-22(21-9-6-14-31-21)24(29)28(25(23)30)20-8-5-7-19(15-20)27(3)4/h5-16,26H,1-4H3. The van der Waals surface area contributed by atoms with E-state index in [0.717, 1.165) is 16.3 Å².